The maximum atomic E-state index is 12.8. The molecular formula is C18H15BrFNO3S. The molecule has 0 spiro atoms. The third kappa shape index (κ3) is 4.18. The van der Waals surface area contributed by atoms with Crippen molar-refractivity contribution in [3.63, 3.8) is 0 Å². The monoisotopic (exact) mass is 423 g/mol. The van der Waals surface area contributed by atoms with Crippen molar-refractivity contribution in [1.29, 1.82) is 0 Å². The van der Waals surface area contributed by atoms with Gasteiger partial charge in [-0.1, -0.05) is 40.2 Å². The van der Waals surface area contributed by atoms with Crippen molar-refractivity contribution in [2.45, 2.75) is 4.90 Å². The molecule has 0 atom stereocenters. The molecule has 0 aliphatic rings. The zero-order valence-corrected chi connectivity index (χ0v) is 15.5. The SMILES string of the molecule is O=S(=O)(NCCOc1ccc(F)cc1)c1ccc(Br)c2ccccc12. The van der Waals surface area contributed by atoms with E-state index in [1.54, 1.807) is 24.3 Å². The van der Waals surface area contributed by atoms with Crippen molar-refractivity contribution >= 4 is 36.7 Å². The summed E-state index contributed by atoms with van der Waals surface area (Å²) >= 11 is 3.43. The molecule has 0 amide bonds. The van der Waals surface area contributed by atoms with E-state index in [9.17, 15) is 12.8 Å². The van der Waals surface area contributed by atoms with Gasteiger partial charge in [-0.25, -0.2) is 17.5 Å². The highest BCUT2D eigenvalue weighted by Crippen LogP contribution is 2.29. The summed E-state index contributed by atoms with van der Waals surface area (Å²) in [6.45, 7) is 0.240. The van der Waals surface area contributed by atoms with E-state index in [4.69, 9.17) is 4.74 Å². The van der Waals surface area contributed by atoms with Gasteiger partial charge < -0.3 is 4.74 Å². The van der Waals surface area contributed by atoms with Crippen LogP contribution in [0.1, 0.15) is 0 Å². The molecule has 0 radical (unpaired) electrons. The predicted octanol–water partition coefficient (Wildman–Crippen LogP) is 4.10. The number of benzene rings is 3. The lowest BCUT2D eigenvalue weighted by atomic mass is 10.1. The average Bonchev–Trinajstić information content (AvgIpc) is 2.60. The molecule has 3 aromatic carbocycles. The zero-order valence-electron chi connectivity index (χ0n) is 13.1. The Labute approximate surface area is 153 Å². The van der Waals surface area contributed by atoms with Gasteiger partial charge in [0.15, 0.2) is 0 Å². The first-order chi connectivity index (χ1) is 12.0. The molecule has 4 nitrogen and oxygen atoms in total. The molecule has 0 saturated heterocycles. The fourth-order valence-electron chi connectivity index (χ4n) is 2.42. The first-order valence-corrected chi connectivity index (χ1v) is 9.80. The van der Waals surface area contributed by atoms with Crippen LogP contribution in [0, 0.1) is 5.82 Å². The van der Waals surface area contributed by atoms with E-state index in [0.717, 1.165) is 9.86 Å². The molecular weight excluding hydrogens is 409 g/mol. The van der Waals surface area contributed by atoms with Gasteiger partial charge in [0.25, 0.3) is 0 Å². The Bertz CT molecular complexity index is 991. The number of sulfonamides is 1. The van der Waals surface area contributed by atoms with Crippen LogP contribution in [0.3, 0.4) is 0 Å². The third-order valence-electron chi connectivity index (χ3n) is 3.60. The highest BCUT2D eigenvalue weighted by atomic mass is 79.9. The summed E-state index contributed by atoms with van der Waals surface area (Å²) in [5, 5.41) is 1.47. The van der Waals surface area contributed by atoms with E-state index in [1.807, 2.05) is 12.1 Å². The summed E-state index contributed by atoms with van der Waals surface area (Å²) in [5.74, 6) is 0.129. The number of halogens is 2. The van der Waals surface area contributed by atoms with Gasteiger partial charge >= 0.3 is 0 Å². The summed E-state index contributed by atoms with van der Waals surface area (Å²) < 4.78 is 46.7. The quantitative estimate of drug-likeness (QED) is 0.607. The van der Waals surface area contributed by atoms with Crippen LogP contribution in [0.15, 0.2) is 70.0 Å². The molecule has 0 unspecified atom stereocenters. The molecule has 130 valence electrons. The summed E-state index contributed by atoms with van der Waals surface area (Å²) in [5.41, 5.74) is 0. The topological polar surface area (TPSA) is 55.4 Å². The van der Waals surface area contributed by atoms with E-state index in [2.05, 4.69) is 20.7 Å². The van der Waals surface area contributed by atoms with E-state index in [1.165, 1.54) is 24.3 Å². The summed E-state index contributed by atoms with van der Waals surface area (Å²) in [4.78, 5) is 0.216. The van der Waals surface area contributed by atoms with Crippen LogP contribution in [-0.2, 0) is 10.0 Å². The largest absolute Gasteiger partial charge is 0.492 e. The predicted molar refractivity (Wildman–Crippen MR) is 98.7 cm³/mol. The van der Waals surface area contributed by atoms with Crippen molar-refractivity contribution in [2.24, 2.45) is 0 Å². The molecule has 0 heterocycles. The van der Waals surface area contributed by atoms with Crippen LogP contribution in [0.5, 0.6) is 5.75 Å². The second-order valence-electron chi connectivity index (χ2n) is 5.29. The maximum absolute atomic E-state index is 12.8. The lowest BCUT2D eigenvalue weighted by Crippen LogP contribution is -2.28. The Morgan fingerprint density at radius 2 is 1.64 bits per heavy atom. The normalized spacial score (nSPS) is 11.6. The van der Waals surface area contributed by atoms with Gasteiger partial charge in [-0.15, -0.1) is 0 Å². The fraction of sp³-hybridized carbons (Fsp3) is 0.111. The van der Waals surface area contributed by atoms with Gasteiger partial charge in [-0.3, -0.25) is 0 Å². The van der Waals surface area contributed by atoms with E-state index < -0.39 is 10.0 Å². The molecule has 0 fully saturated rings. The lowest BCUT2D eigenvalue weighted by molar-refractivity contribution is 0.322. The first kappa shape index (κ1) is 17.8. The summed E-state index contributed by atoms with van der Waals surface area (Å²) in [6.07, 6.45) is 0. The molecule has 7 heteroatoms. The van der Waals surface area contributed by atoms with Crippen molar-refractivity contribution in [1.82, 2.24) is 4.72 Å². The van der Waals surface area contributed by atoms with Gasteiger partial charge in [0.05, 0.1) is 4.90 Å². The third-order valence-corrected chi connectivity index (χ3v) is 5.81. The van der Waals surface area contributed by atoms with Crippen LogP contribution in [-0.4, -0.2) is 21.6 Å². The number of nitrogens with one attached hydrogen (secondary N) is 1. The van der Waals surface area contributed by atoms with Gasteiger partial charge in [0.2, 0.25) is 10.0 Å². The number of hydrogen-bond donors (Lipinski definition) is 1. The number of fused-ring (bicyclic) bond motifs is 1. The highest BCUT2D eigenvalue weighted by Gasteiger charge is 2.17. The van der Waals surface area contributed by atoms with Gasteiger partial charge in [0.1, 0.15) is 18.2 Å². The van der Waals surface area contributed by atoms with Gasteiger partial charge in [0, 0.05) is 16.4 Å². The van der Waals surface area contributed by atoms with E-state index in [0.29, 0.717) is 11.1 Å². The fourth-order valence-corrected chi connectivity index (χ4v) is 4.12. The minimum atomic E-state index is -3.68. The van der Waals surface area contributed by atoms with Crippen molar-refractivity contribution < 1.29 is 17.5 Å². The molecule has 3 aromatic rings. The highest BCUT2D eigenvalue weighted by molar-refractivity contribution is 9.10. The van der Waals surface area contributed by atoms with E-state index >= 15 is 0 Å². The minimum Gasteiger partial charge on any atom is -0.492 e. The summed E-state index contributed by atoms with van der Waals surface area (Å²) in [7, 11) is -3.68. The van der Waals surface area contributed by atoms with Crippen LogP contribution in [0.4, 0.5) is 4.39 Å². The van der Waals surface area contributed by atoms with Crippen LogP contribution in [0.25, 0.3) is 10.8 Å². The lowest BCUT2D eigenvalue weighted by Gasteiger charge is -2.11. The van der Waals surface area contributed by atoms with Gasteiger partial charge in [-0.05, 0) is 41.8 Å². The minimum absolute atomic E-state index is 0.101. The molecule has 25 heavy (non-hydrogen) atoms. The summed E-state index contributed by atoms with van der Waals surface area (Å²) in [6, 6.07) is 16.1. The molecule has 0 saturated carbocycles. The molecule has 0 aliphatic carbocycles. The molecule has 1 N–H and O–H groups in total. The zero-order chi connectivity index (χ0) is 17.9. The Morgan fingerprint density at radius 3 is 2.36 bits per heavy atom. The van der Waals surface area contributed by atoms with Crippen LogP contribution >= 0.6 is 15.9 Å². The molecule has 0 aliphatic heterocycles. The van der Waals surface area contributed by atoms with Crippen molar-refractivity contribution in [2.75, 3.05) is 13.2 Å². The Morgan fingerprint density at radius 1 is 0.960 bits per heavy atom. The maximum Gasteiger partial charge on any atom is 0.241 e. The molecule has 0 aromatic heterocycles. The molecule has 3 rings (SSSR count). The Hall–Kier alpha value is -1.96. The van der Waals surface area contributed by atoms with Gasteiger partial charge in [-0.2, -0.15) is 0 Å². The first-order valence-electron chi connectivity index (χ1n) is 7.53. The molecule has 0 bridgehead atoms. The Balaban J connectivity index is 1.70. The smallest absolute Gasteiger partial charge is 0.241 e. The Kier molecular flexibility index (Phi) is 5.36. The van der Waals surface area contributed by atoms with Crippen molar-refractivity contribution in [3.05, 3.63) is 71.0 Å². The van der Waals surface area contributed by atoms with Crippen molar-refractivity contribution in [3.8, 4) is 5.75 Å². The second-order valence-corrected chi connectivity index (χ2v) is 7.88. The van der Waals surface area contributed by atoms with Crippen LogP contribution < -0.4 is 9.46 Å². The van der Waals surface area contributed by atoms with Crippen LogP contribution in [0.2, 0.25) is 0 Å². The van der Waals surface area contributed by atoms with E-state index in [-0.39, 0.29) is 23.9 Å². The average molecular weight is 424 g/mol. The number of rotatable bonds is 6. The second kappa shape index (κ2) is 7.51. The number of hydrogen-bond acceptors (Lipinski definition) is 3. The standard InChI is InChI=1S/C18H15BrFNO3S/c19-17-9-10-18(16-4-2-1-3-15(16)17)25(22,23)21-11-12-24-14-7-5-13(20)6-8-14/h1-10,21H,11-12H2. The number of ether oxygens (including phenoxy) is 1.